The van der Waals surface area contributed by atoms with E-state index >= 15 is 0 Å². The third kappa shape index (κ3) is 2.69. The number of rotatable bonds is 5. The quantitative estimate of drug-likeness (QED) is 0.704. The molecular weight excluding hydrogens is 273 g/mol. The van der Waals surface area contributed by atoms with E-state index in [4.69, 9.17) is 4.43 Å². The van der Waals surface area contributed by atoms with Gasteiger partial charge in [-0.1, -0.05) is 20.8 Å². The average molecular weight is 292 g/mol. The van der Waals surface area contributed by atoms with E-state index in [0.29, 0.717) is 24.2 Å². The van der Waals surface area contributed by atoms with Gasteiger partial charge in [-0.2, -0.15) is 4.39 Å². The van der Waals surface area contributed by atoms with Crippen LogP contribution in [-0.4, -0.2) is 19.7 Å². The molecule has 0 fully saturated rings. The minimum atomic E-state index is -2.35. The molecular formula is C13H19F3O2Si. The molecule has 1 unspecified atom stereocenters. The second-order valence-electron chi connectivity index (χ2n) is 4.86. The summed E-state index contributed by atoms with van der Waals surface area (Å²) >= 11 is 0. The zero-order chi connectivity index (χ0) is 14.8. The highest BCUT2D eigenvalue weighted by atomic mass is 28.4. The molecule has 1 atom stereocenters. The number of hydrogen-bond donors (Lipinski definition) is 0. The van der Waals surface area contributed by atoms with Crippen molar-refractivity contribution in [2.75, 3.05) is 0 Å². The van der Waals surface area contributed by atoms with E-state index in [1.807, 2.05) is 20.8 Å². The van der Waals surface area contributed by atoms with E-state index in [0.717, 1.165) is 6.92 Å². The Labute approximate surface area is 112 Å². The first-order valence-electron chi connectivity index (χ1n) is 6.44. The minimum absolute atomic E-state index is 0.471. The summed E-state index contributed by atoms with van der Waals surface area (Å²) in [5.74, 6) is -5.36. The van der Waals surface area contributed by atoms with Crippen molar-refractivity contribution in [3.63, 3.8) is 0 Å². The maximum absolute atomic E-state index is 14.0. The molecule has 0 spiro atoms. The summed E-state index contributed by atoms with van der Waals surface area (Å²) in [4.78, 5) is 11.0. The van der Waals surface area contributed by atoms with E-state index in [9.17, 15) is 18.0 Å². The predicted molar refractivity (Wildman–Crippen MR) is 70.1 cm³/mol. The summed E-state index contributed by atoms with van der Waals surface area (Å²) in [7, 11) is -2.35. The first-order chi connectivity index (χ1) is 8.76. The molecule has 0 amide bonds. The maximum atomic E-state index is 14.0. The Morgan fingerprint density at radius 3 is 2.05 bits per heavy atom. The Morgan fingerprint density at radius 1 is 1.16 bits per heavy atom. The van der Waals surface area contributed by atoms with Crippen molar-refractivity contribution in [1.29, 1.82) is 0 Å². The van der Waals surface area contributed by atoms with Gasteiger partial charge in [-0.25, -0.2) is 8.78 Å². The van der Waals surface area contributed by atoms with E-state index in [2.05, 4.69) is 0 Å². The van der Waals surface area contributed by atoms with E-state index < -0.39 is 37.2 Å². The van der Waals surface area contributed by atoms with Gasteiger partial charge in [-0.05, 0) is 25.1 Å². The van der Waals surface area contributed by atoms with Crippen LogP contribution in [0.1, 0.15) is 27.7 Å². The fourth-order valence-electron chi connectivity index (χ4n) is 2.23. The second kappa shape index (κ2) is 5.62. The van der Waals surface area contributed by atoms with Gasteiger partial charge in [-0.3, -0.25) is 4.79 Å². The lowest BCUT2D eigenvalue weighted by atomic mass is 9.96. The zero-order valence-electron chi connectivity index (χ0n) is 11.6. The summed E-state index contributed by atoms with van der Waals surface area (Å²) in [6.45, 7) is 6.84. The van der Waals surface area contributed by atoms with E-state index in [1.54, 1.807) is 0 Å². The standard InChI is InChI=1S/C13H19F3O2Si/c1-5-19(6-2,7-3)18-13(4)10(14)8-9(17)11(15)12(13)16/h8H,5-7H2,1-4H3. The van der Waals surface area contributed by atoms with E-state index in [1.165, 1.54) is 0 Å². The highest BCUT2D eigenvalue weighted by molar-refractivity contribution is 6.73. The van der Waals surface area contributed by atoms with Crippen molar-refractivity contribution in [3.8, 4) is 0 Å². The molecule has 0 radical (unpaired) electrons. The Balaban J connectivity index is 3.23. The van der Waals surface area contributed by atoms with Gasteiger partial charge >= 0.3 is 0 Å². The lowest BCUT2D eigenvalue weighted by Crippen LogP contribution is -2.48. The molecule has 0 N–H and O–H groups in total. The van der Waals surface area contributed by atoms with Gasteiger partial charge in [0.05, 0.1) is 0 Å². The minimum Gasteiger partial charge on any atom is -0.400 e. The second-order valence-corrected chi connectivity index (χ2v) is 9.55. The molecule has 1 aliphatic carbocycles. The topological polar surface area (TPSA) is 26.3 Å². The van der Waals surface area contributed by atoms with Gasteiger partial charge in [0.15, 0.2) is 19.7 Å². The van der Waals surface area contributed by atoms with Crippen molar-refractivity contribution < 1.29 is 22.4 Å². The molecule has 0 aliphatic heterocycles. The van der Waals surface area contributed by atoms with Crippen LogP contribution in [0.4, 0.5) is 13.2 Å². The Bertz CT molecular complexity index is 433. The van der Waals surface area contributed by atoms with Gasteiger partial charge in [0.1, 0.15) is 5.83 Å². The fourth-order valence-corrected chi connectivity index (χ4v) is 5.22. The summed E-state index contributed by atoms with van der Waals surface area (Å²) in [6, 6.07) is 2.02. The number of carbonyl (C=O) groups is 1. The smallest absolute Gasteiger partial charge is 0.219 e. The molecule has 1 aliphatic rings. The third-order valence-corrected chi connectivity index (χ3v) is 8.60. The number of carbonyl (C=O) groups excluding carboxylic acids is 1. The van der Waals surface area contributed by atoms with Crippen LogP contribution in [-0.2, 0) is 9.22 Å². The predicted octanol–water partition coefficient (Wildman–Crippen LogP) is 4.35. The van der Waals surface area contributed by atoms with Crippen LogP contribution in [0, 0.1) is 0 Å². The van der Waals surface area contributed by atoms with Crippen molar-refractivity contribution in [1.82, 2.24) is 0 Å². The van der Waals surface area contributed by atoms with Crippen LogP contribution in [0.5, 0.6) is 0 Å². The van der Waals surface area contributed by atoms with Crippen LogP contribution in [0.15, 0.2) is 23.6 Å². The van der Waals surface area contributed by atoms with Crippen molar-refractivity contribution in [2.45, 2.75) is 51.4 Å². The largest absolute Gasteiger partial charge is 0.400 e. The molecule has 0 aromatic heterocycles. The molecule has 0 aromatic rings. The Morgan fingerprint density at radius 2 is 1.63 bits per heavy atom. The summed E-state index contributed by atoms with van der Waals surface area (Å²) < 4.78 is 47.0. The third-order valence-electron chi connectivity index (χ3n) is 3.90. The normalized spacial score (nSPS) is 24.8. The molecule has 0 heterocycles. The van der Waals surface area contributed by atoms with Crippen molar-refractivity contribution >= 4 is 14.1 Å². The lowest BCUT2D eigenvalue weighted by molar-refractivity contribution is -0.113. The zero-order valence-corrected chi connectivity index (χ0v) is 12.6. The SMILES string of the molecule is CC[Si](CC)(CC)OC1(C)C(F)=CC(=O)C(F)=C1F. The van der Waals surface area contributed by atoms with Crippen molar-refractivity contribution in [2.24, 2.45) is 0 Å². The van der Waals surface area contributed by atoms with E-state index in [-0.39, 0.29) is 0 Å². The van der Waals surface area contributed by atoms with Crippen LogP contribution in [0.25, 0.3) is 0 Å². The molecule has 0 saturated heterocycles. The highest BCUT2D eigenvalue weighted by Crippen LogP contribution is 2.42. The van der Waals surface area contributed by atoms with Crippen molar-refractivity contribution in [3.05, 3.63) is 23.6 Å². The Hall–Kier alpha value is -0.883. The van der Waals surface area contributed by atoms with Crippen LogP contribution in [0.2, 0.25) is 18.1 Å². The molecule has 0 saturated carbocycles. The number of allylic oxidation sites excluding steroid dienone is 2. The number of hydrogen-bond acceptors (Lipinski definition) is 2. The fraction of sp³-hybridized carbons (Fsp3) is 0.615. The van der Waals surface area contributed by atoms with Gasteiger partial charge in [0.25, 0.3) is 0 Å². The Kier molecular flexibility index (Phi) is 4.79. The highest BCUT2D eigenvalue weighted by Gasteiger charge is 2.48. The van der Waals surface area contributed by atoms with Crippen LogP contribution in [0.3, 0.4) is 0 Å². The summed E-state index contributed by atoms with van der Waals surface area (Å²) in [5, 5.41) is 0. The van der Waals surface area contributed by atoms with Gasteiger partial charge < -0.3 is 4.43 Å². The maximum Gasteiger partial charge on any atom is 0.219 e. The molecule has 19 heavy (non-hydrogen) atoms. The first kappa shape index (κ1) is 16.2. The monoisotopic (exact) mass is 292 g/mol. The lowest BCUT2D eigenvalue weighted by Gasteiger charge is -2.39. The molecule has 0 bridgehead atoms. The molecule has 6 heteroatoms. The molecule has 0 aromatic carbocycles. The van der Waals surface area contributed by atoms with Gasteiger partial charge in [0.2, 0.25) is 11.6 Å². The molecule has 1 rings (SSSR count). The first-order valence-corrected chi connectivity index (χ1v) is 8.97. The molecule has 2 nitrogen and oxygen atoms in total. The number of halogens is 3. The van der Waals surface area contributed by atoms with Crippen LogP contribution < -0.4 is 0 Å². The number of ketones is 1. The van der Waals surface area contributed by atoms with Crippen LogP contribution >= 0.6 is 0 Å². The molecule has 108 valence electrons. The average Bonchev–Trinajstić information content (AvgIpc) is 2.41. The summed E-state index contributed by atoms with van der Waals surface area (Å²) in [5.41, 5.74) is -2.09. The van der Waals surface area contributed by atoms with Gasteiger partial charge in [-0.15, -0.1) is 0 Å². The van der Waals surface area contributed by atoms with Gasteiger partial charge in [0, 0.05) is 6.08 Å². The summed E-state index contributed by atoms with van der Waals surface area (Å²) in [6.07, 6.45) is 0.471.